The highest BCUT2D eigenvalue weighted by Crippen LogP contribution is 2.24. The highest BCUT2D eigenvalue weighted by molar-refractivity contribution is 5.76. The quantitative estimate of drug-likeness (QED) is 0.0261. The van der Waals surface area contributed by atoms with Crippen molar-refractivity contribution < 1.29 is 39.8 Å². The molecule has 6 N–H and O–H groups in total. The van der Waals surface area contributed by atoms with Crippen LogP contribution >= 0.6 is 0 Å². The molecule has 9 nitrogen and oxygen atoms in total. The van der Waals surface area contributed by atoms with E-state index in [1.807, 2.05) is 6.08 Å². The van der Waals surface area contributed by atoms with Gasteiger partial charge in [0, 0.05) is 6.42 Å². The SMILES string of the molecule is CC/C=C\C/C=C\C/C=C\C/C=C\C/C=C\C/C=C\CCCCCCCCCCCCCCCCCCCCC(=O)NC(COC1OC(CO)C(O)C(O)C1O)C(O)/C=C/CCCCCCCCCCCCCCCCCCCCCCCCCCCC. The Morgan fingerprint density at radius 2 is 0.705 bits per heavy atom. The molecule has 1 rings (SSSR count). The molecule has 1 aliphatic rings. The van der Waals surface area contributed by atoms with Gasteiger partial charge in [0.2, 0.25) is 5.91 Å². The molecule has 1 aliphatic heterocycles. The van der Waals surface area contributed by atoms with E-state index in [0.717, 1.165) is 77.0 Å². The molecule has 0 spiro atoms. The highest BCUT2D eigenvalue weighted by atomic mass is 16.7. The normalized spacial score (nSPS) is 18.4. The molecule has 1 amide bonds. The van der Waals surface area contributed by atoms with Gasteiger partial charge < -0.3 is 40.3 Å². The van der Waals surface area contributed by atoms with Crippen molar-refractivity contribution in [3.8, 4) is 0 Å². The first-order chi connectivity index (χ1) is 43.3. The molecular weight excluding hydrogens is 1090 g/mol. The molecule has 0 aliphatic carbocycles. The van der Waals surface area contributed by atoms with Gasteiger partial charge in [-0.25, -0.2) is 0 Å². The molecule has 0 aromatic heterocycles. The minimum atomic E-state index is -1.57. The van der Waals surface area contributed by atoms with Crippen LogP contribution in [0.3, 0.4) is 0 Å². The topological polar surface area (TPSA) is 149 Å². The molecule has 0 aromatic rings. The molecule has 0 aromatic carbocycles. The van der Waals surface area contributed by atoms with Gasteiger partial charge in [-0.05, 0) is 70.6 Å². The third-order valence-electron chi connectivity index (χ3n) is 17.7. The Morgan fingerprint density at radius 1 is 0.398 bits per heavy atom. The number of carbonyl (C=O) groups is 1. The number of aliphatic hydroxyl groups is 5. The summed E-state index contributed by atoms with van der Waals surface area (Å²) in [5.74, 6) is -0.173. The summed E-state index contributed by atoms with van der Waals surface area (Å²) in [6.45, 7) is 3.71. The van der Waals surface area contributed by atoms with Crippen LogP contribution in [-0.4, -0.2) is 87.5 Å². The Morgan fingerprint density at radius 3 is 1.05 bits per heavy atom. The molecule has 0 bridgehead atoms. The number of rotatable bonds is 66. The second-order valence-electron chi connectivity index (χ2n) is 26.1. The maximum absolute atomic E-state index is 13.2. The molecule has 512 valence electrons. The van der Waals surface area contributed by atoms with E-state index in [9.17, 15) is 30.3 Å². The summed E-state index contributed by atoms with van der Waals surface area (Å²) in [6.07, 6.45) is 89.9. The van der Waals surface area contributed by atoms with Crippen LogP contribution in [0, 0.1) is 0 Å². The number of ether oxygens (including phenoxy) is 2. The number of allylic oxidation sites excluding steroid dienone is 13. The van der Waals surface area contributed by atoms with E-state index in [0.29, 0.717) is 6.42 Å². The Balaban J connectivity index is 2.09. The third kappa shape index (κ3) is 55.0. The zero-order chi connectivity index (χ0) is 63.5. The van der Waals surface area contributed by atoms with E-state index >= 15 is 0 Å². The Bertz CT molecular complexity index is 1670. The van der Waals surface area contributed by atoms with Gasteiger partial charge in [0.15, 0.2) is 6.29 Å². The van der Waals surface area contributed by atoms with Crippen LogP contribution in [0.5, 0.6) is 0 Å². The first-order valence-electron chi connectivity index (χ1n) is 37.8. The van der Waals surface area contributed by atoms with Gasteiger partial charge >= 0.3 is 0 Å². The van der Waals surface area contributed by atoms with Crippen LogP contribution < -0.4 is 5.32 Å². The van der Waals surface area contributed by atoms with Crippen molar-refractivity contribution in [2.75, 3.05) is 13.2 Å². The van der Waals surface area contributed by atoms with E-state index in [-0.39, 0.29) is 12.5 Å². The first-order valence-corrected chi connectivity index (χ1v) is 37.8. The van der Waals surface area contributed by atoms with E-state index in [1.54, 1.807) is 6.08 Å². The minimum absolute atomic E-state index is 0.173. The zero-order valence-electron chi connectivity index (χ0n) is 57.5. The monoisotopic (exact) mass is 1230 g/mol. The smallest absolute Gasteiger partial charge is 0.220 e. The van der Waals surface area contributed by atoms with Gasteiger partial charge in [-0.15, -0.1) is 0 Å². The fourth-order valence-corrected chi connectivity index (χ4v) is 11.9. The van der Waals surface area contributed by atoms with E-state index in [2.05, 4.69) is 92.1 Å². The standard InChI is InChI=1S/C79H143NO8/c1-3-5-7-9-11-13-15-17-19-21-23-25-27-29-31-33-34-35-36-37-38-39-40-41-43-45-47-49-51-53-55-57-59-61-63-65-67-69-75(83)80-72(71-87-79-78(86)77(85)76(84)74(70-81)88-79)73(82)68-66-64-62-60-58-56-54-52-50-48-46-44-42-32-30-28-26-24-22-20-18-16-14-12-10-8-6-4-2/h5,7,11,13,17,19,23,25,29,31,34-35,66,68,72-74,76-79,81-82,84-86H,3-4,6,8-10,12,14-16,18,20-22,24,26-28,30,32-33,36-65,67,69-71H2,1-2H3,(H,80,83)/b7-5-,13-11-,19-17-,25-23-,31-29-,35-34-,68-66+. The molecule has 9 heteroatoms. The summed E-state index contributed by atoms with van der Waals surface area (Å²) in [4.78, 5) is 13.2. The zero-order valence-corrected chi connectivity index (χ0v) is 57.5. The Labute approximate surface area is 543 Å². The van der Waals surface area contributed by atoms with Crippen molar-refractivity contribution in [1.82, 2.24) is 5.32 Å². The number of carbonyl (C=O) groups excluding carboxylic acids is 1. The van der Waals surface area contributed by atoms with Crippen LogP contribution in [-0.2, 0) is 14.3 Å². The summed E-state index contributed by atoms with van der Waals surface area (Å²) in [5.41, 5.74) is 0. The first kappa shape index (κ1) is 83.4. The number of amides is 1. The summed E-state index contributed by atoms with van der Waals surface area (Å²) in [6, 6.07) is -0.809. The average Bonchev–Trinajstić information content (AvgIpc) is 3.29. The van der Waals surface area contributed by atoms with Gasteiger partial charge in [-0.3, -0.25) is 4.79 Å². The lowest BCUT2D eigenvalue weighted by atomic mass is 9.99. The predicted molar refractivity (Wildman–Crippen MR) is 378 cm³/mol. The lowest BCUT2D eigenvalue weighted by Gasteiger charge is -2.40. The number of hydrogen-bond donors (Lipinski definition) is 6. The average molecular weight is 1240 g/mol. The predicted octanol–water partition coefficient (Wildman–Crippen LogP) is 21.3. The number of nitrogens with one attached hydrogen (secondary N) is 1. The van der Waals surface area contributed by atoms with Gasteiger partial charge in [-0.1, -0.05) is 362 Å². The number of unbranched alkanes of at least 4 members (excludes halogenated alkanes) is 44. The van der Waals surface area contributed by atoms with Crippen molar-refractivity contribution in [1.29, 1.82) is 0 Å². The molecule has 1 heterocycles. The third-order valence-corrected chi connectivity index (χ3v) is 17.7. The van der Waals surface area contributed by atoms with Gasteiger partial charge in [-0.2, -0.15) is 0 Å². The molecule has 1 saturated heterocycles. The molecular formula is C79H143NO8. The van der Waals surface area contributed by atoms with Crippen LogP contribution in [0.25, 0.3) is 0 Å². The van der Waals surface area contributed by atoms with Crippen LogP contribution in [0.4, 0.5) is 0 Å². The fraction of sp³-hybridized carbons (Fsp3) is 0.810. The second kappa shape index (κ2) is 67.3. The van der Waals surface area contributed by atoms with Crippen molar-refractivity contribution >= 4 is 5.91 Å². The molecule has 1 fully saturated rings. The van der Waals surface area contributed by atoms with Gasteiger partial charge in [0.25, 0.3) is 0 Å². The Hall–Kier alpha value is -2.63. The maximum Gasteiger partial charge on any atom is 0.220 e. The number of aliphatic hydroxyl groups excluding tert-OH is 5. The molecule has 0 radical (unpaired) electrons. The van der Waals surface area contributed by atoms with Crippen LogP contribution in [0.15, 0.2) is 85.1 Å². The number of hydrogen-bond acceptors (Lipinski definition) is 8. The highest BCUT2D eigenvalue weighted by Gasteiger charge is 2.44. The van der Waals surface area contributed by atoms with Crippen LogP contribution in [0.1, 0.15) is 354 Å². The van der Waals surface area contributed by atoms with Gasteiger partial charge in [0.1, 0.15) is 24.4 Å². The van der Waals surface area contributed by atoms with E-state index < -0.39 is 49.5 Å². The summed E-state index contributed by atoms with van der Waals surface area (Å²) in [7, 11) is 0. The summed E-state index contributed by atoms with van der Waals surface area (Å²) < 4.78 is 11.3. The lowest BCUT2D eigenvalue weighted by molar-refractivity contribution is -0.302. The van der Waals surface area contributed by atoms with Gasteiger partial charge in [0.05, 0.1) is 25.4 Å². The second-order valence-corrected chi connectivity index (χ2v) is 26.1. The van der Waals surface area contributed by atoms with E-state index in [1.165, 1.54) is 257 Å². The molecule has 0 saturated carbocycles. The summed E-state index contributed by atoms with van der Waals surface area (Å²) in [5, 5.41) is 54.9. The Kier molecular flexibility index (Phi) is 63.7. The van der Waals surface area contributed by atoms with Crippen molar-refractivity contribution in [3.05, 3.63) is 85.1 Å². The molecule has 88 heavy (non-hydrogen) atoms. The van der Waals surface area contributed by atoms with Crippen molar-refractivity contribution in [2.45, 2.75) is 397 Å². The molecule has 7 unspecified atom stereocenters. The fourth-order valence-electron chi connectivity index (χ4n) is 11.9. The minimum Gasteiger partial charge on any atom is -0.394 e. The summed E-state index contributed by atoms with van der Waals surface area (Å²) >= 11 is 0. The lowest BCUT2D eigenvalue weighted by Crippen LogP contribution is -2.60. The molecule has 7 atom stereocenters. The van der Waals surface area contributed by atoms with E-state index in [4.69, 9.17) is 9.47 Å². The van der Waals surface area contributed by atoms with Crippen molar-refractivity contribution in [3.63, 3.8) is 0 Å². The van der Waals surface area contributed by atoms with Crippen LogP contribution in [0.2, 0.25) is 0 Å². The van der Waals surface area contributed by atoms with Crippen molar-refractivity contribution in [2.24, 2.45) is 0 Å². The maximum atomic E-state index is 13.2. The largest absolute Gasteiger partial charge is 0.394 e.